The number of halogens is 3. The number of carbonyl (C=O) groups excluding carboxylic acids is 1. The molecule has 4 aromatic rings. The van der Waals surface area contributed by atoms with Crippen LogP contribution < -0.4 is 5.32 Å². The highest BCUT2D eigenvalue weighted by atomic mass is 19.4. The predicted octanol–water partition coefficient (Wildman–Crippen LogP) is 5.31. The number of imidazole rings is 1. The highest BCUT2D eigenvalue weighted by molar-refractivity contribution is 6.08. The minimum Gasteiger partial charge on any atom is -0.320 e. The van der Waals surface area contributed by atoms with Gasteiger partial charge in [-0.25, -0.2) is 4.98 Å². The molecule has 0 unspecified atom stereocenters. The summed E-state index contributed by atoms with van der Waals surface area (Å²) in [4.78, 5) is 21.3. The summed E-state index contributed by atoms with van der Waals surface area (Å²) in [6, 6.07) is 14.3. The van der Waals surface area contributed by atoms with Crippen molar-refractivity contribution in [1.29, 1.82) is 0 Å². The van der Waals surface area contributed by atoms with E-state index < -0.39 is 17.6 Å². The number of nitrogens with zero attached hydrogens (tertiary/aromatic N) is 3. The monoisotopic (exact) mass is 410 g/mol. The van der Waals surface area contributed by atoms with Crippen molar-refractivity contribution in [2.75, 3.05) is 5.32 Å². The van der Waals surface area contributed by atoms with Crippen LogP contribution in [-0.4, -0.2) is 20.4 Å². The number of amides is 1. The first-order valence-electron chi connectivity index (χ1n) is 9.14. The molecular formula is C22H17F3N4O. The summed E-state index contributed by atoms with van der Waals surface area (Å²) in [5, 5.41) is 3.17. The Hall–Kier alpha value is -3.68. The maximum Gasteiger partial charge on any atom is 0.416 e. The van der Waals surface area contributed by atoms with E-state index in [9.17, 15) is 18.0 Å². The maximum atomic E-state index is 13.0. The van der Waals surface area contributed by atoms with Crippen LogP contribution in [0.4, 0.5) is 18.9 Å². The molecule has 0 aliphatic rings. The zero-order valence-corrected chi connectivity index (χ0v) is 16.2. The molecule has 0 saturated heterocycles. The third-order valence-electron chi connectivity index (χ3n) is 4.82. The number of fused-ring (bicyclic) bond motifs is 1. The van der Waals surface area contributed by atoms with Gasteiger partial charge in [-0.1, -0.05) is 24.3 Å². The average Bonchev–Trinajstić information content (AvgIpc) is 3.02. The summed E-state index contributed by atoms with van der Waals surface area (Å²) in [7, 11) is 0. The Morgan fingerprint density at radius 3 is 2.47 bits per heavy atom. The number of anilines is 1. The minimum absolute atomic E-state index is 0.144. The van der Waals surface area contributed by atoms with E-state index in [0.717, 1.165) is 17.8 Å². The topological polar surface area (TPSA) is 59.8 Å². The second kappa shape index (κ2) is 7.29. The van der Waals surface area contributed by atoms with Gasteiger partial charge in [0.1, 0.15) is 11.5 Å². The van der Waals surface area contributed by atoms with Gasteiger partial charge in [0, 0.05) is 17.3 Å². The molecule has 8 heteroatoms. The van der Waals surface area contributed by atoms with Gasteiger partial charge >= 0.3 is 6.18 Å². The van der Waals surface area contributed by atoms with E-state index in [1.165, 1.54) is 12.3 Å². The molecule has 30 heavy (non-hydrogen) atoms. The van der Waals surface area contributed by atoms with Gasteiger partial charge in [-0.15, -0.1) is 0 Å². The number of hydrogen-bond acceptors (Lipinski definition) is 3. The normalized spacial score (nSPS) is 11.6. The number of rotatable bonds is 3. The Kier molecular flexibility index (Phi) is 4.77. The number of carbonyl (C=O) groups is 1. The fraction of sp³-hybridized carbons (Fsp3) is 0.136. The van der Waals surface area contributed by atoms with Crippen molar-refractivity contribution < 1.29 is 18.0 Å². The molecule has 0 aliphatic carbocycles. The van der Waals surface area contributed by atoms with Gasteiger partial charge in [-0.05, 0) is 44.2 Å². The standard InChI is InChI=1S/C22H17F3N4O/c1-13-20(27-14(2)29(13)16-6-4-3-5-7-16)21(30)28-18-10-11-26-19-12-15(22(23,24)25)8-9-17(18)19/h3-12H,1-2H3,(H,26,28,30). The fourth-order valence-corrected chi connectivity index (χ4v) is 3.43. The third kappa shape index (κ3) is 3.52. The highest BCUT2D eigenvalue weighted by Crippen LogP contribution is 2.32. The summed E-state index contributed by atoms with van der Waals surface area (Å²) in [6.45, 7) is 3.60. The Labute approximate surface area is 170 Å². The van der Waals surface area contributed by atoms with E-state index in [-0.39, 0.29) is 11.2 Å². The maximum absolute atomic E-state index is 13.0. The Bertz CT molecular complexity index is 1250. The van der Waals surface area contributed by atoms with Gasteiger partial charge in [-0.3, -0.25) is 9.78 Å². The molecule has 5 nitrogen and oxygen atoms in total. The number of hydrogen-bond donors (Lipinski definition) is 1. The zero-order chi connectivity index (χ0) is 21.5. The smallest absolute Gasteiger partial charge is 0.320 e. The lowest BCUT2D eigenvalue weighted by Gasteiger charge is -2.11. The number of aryl methyl sites for hydroxylation is 1. The molecule has 2 aromatic heterocycles. The first-order chi connectivity index (χ1) is 14.3. The van der Waals surface area contributed by atoms with Crippen molar-refractivity contribution in [3.8, 4) is 5.69 Å². The largest absolute Gasteiger partial charge is 0.416 e. The molecule has 0 fully saturated rings. The van der Waals surface area contributed by atoms with Crippen LogP contribution in [0.1, 0.15) is 27.6 Å². The molecule has 0 bridgehead atoms. The molecule has 0 spiro atoms. The number of benzene rings is 2. The van der Waals surface area contributed by atoms with E-state index in [2.05, 4.69) is 15.3 Å². The number of alkyl halides is 3. The zero-order valence-electron chi connectivity index (χ0n) is 16.2. The van der Waals surface area contributed by atoms with Crippen LogP contribution in [0.15, 0.2) is 60.8 Å². The number of aromatic nitrogens is 3. The van der Waals surface area contributed by atoms with Gasteiger partial charge < -0.3 is 9.88 Å². The summed E-state index contributed by atoms with van der Waals surface area (Å²) in [5.41, 5.74) is 1.50. The molecule has 0 aliphatic heterocycles. The lowest BCUT2D eigenvalue weighted by molar-refractivity contribution is -0.137. The lowest BCUT2D eigenvalue weighted by Crippen LogP contribution is -2.14. The van der Waals surface area contributed by atoms with Gasteiger partial charge in [0.25, 0.3) is 5.91 Å². The van der Waals surface area contributed by atoms with Gasteiger partial charge in [0.05, 0.1) is 22.5 Å². The van der Waals surface area contributed by atoms with Crippen molar-refractivity contribution in [2.45, 2.75) is 20.0 Å². The lowest BCUT2D eigenvalue weighted by atomic mass is 10.1. The summed E-state index contributed by atoms with van der Waals surface area (Å²) < 4.78 is 40.8. The van der Waals surface area contributed by atoms with Crippen molar-refractivity contribution in [3.05, 3.63) is 83.6 Å². The Morgan fingerprint density at radius 2 is 1.77 bits per heavy atom. The first kappa shape index (κ1) is 19.6. The van der Waals surface area contributed by atoms with Gasteiger partial charge in [-0.2, -0.15) is 13.2 Å². The Morgan fingerprint density at radius 1 is 1.03 bits per heavy atom. The highest BCUT2D eigenvalue weighted by Gasteiger charge is 2.30. The van der Waals surface area contributed by atoms with Crippen LogP contribution in [0.25, 0.3) is 16.6 Å². The van der Waals surface area contributed by atoms with Crippen molar-refractivity contribution in [3.63, 3.8) is 0 Å². The fourth-order valence-electron chi connectivity index (χ4n) is 3.43. The SMILES string of the molecule is Cc1nc(C(=O)Nc2ccnc3cc(C(F)(F)F)ccc23)c(C)n1-c1ccccc1. The molecule has 4 rings (SSSR count). The van der Waals surface area contributed by atoms with E-state index >= 15 is 0 Å². The van der Waals surface area contributed by atoms with Crippen LogP contribution >= 0.6 is 0 Å². The van der Waals surface area contributed by atoms with Crippen molar-refractivity contribution in [2.24, 2.45) is 0 Å². The number of pyridine rings is 1. The quantitative estimate of drug-likeness (QED) is 0.498. The van der Waals surface area contributed by atoms with Gasteiger partial charge in [0.2, 0.25) is 0 Å². The average molecular weight is 410 g/mol. The number of para-hydroxylation sites is 1. The molecule has 0 radical (unpaired) electrons. The minimum atomic E-state index is -4.46. The Balaban J connectivity index is 1.69. The van der Waals surface area contributed by atoms with E-state index in [1.807, 2.05) is 34.9 Å². The molecular weight excluding hydrogens is 393 g/mol. The third-order valence-corrected chi connectivity index (χ3v) is 4.82. The van der Waals surface area contributed by atoms with Gasteiger partial charge in [0.15, 0.2) is 0 Å². The van der Waals surface area contributed by atoms with Crippen LogP contribution in [0.2, 0.25) is 0 Å². The molecule has 152 valence electrons. The van der Waals surface area contributed by atoms with Crippen LogP contribution in [0, 0.1) is 13.8 Å². The molecule has 0 saturated carbocycles. The first-order valence-corrected chi connectivity index (χ1v) is 9.14. The molecule has 0 atom stereocenters. The van der Waals surface area contributed by atoms with Crippen molar-refractivity contribution >= 4 is 22.5 Å². The summed E-state index contributed by atoms with van der Waals surface area (Å²) in [6.07, 6.45) is -3.10. The second-order valence-corrected chi connectivity index (χ2v) is 6.81. The predicted molar refractivity (Wildman–Crippen MR) is 108 cm³/mol. The summed E-state index contributed by atoms with van der Waals surface area (Å²) in [5.74, 6) is 0.205. The van der Waals surface area contributed by atoms with Crippen molar-refractivity contribution in [1.82, 2.24) is 14.5 Å². The number of nitrogens with one attached hydrogen (secondary N) is 1. The van der Waals surface area contributed by atoms with E-state index in [0.29, 0.717) is 22.6 Å². The summed E-state index contributed by atoms with van der Waals surface area (Å²) >= 11 is 0. The molecule has 1 N–H and O–H groups in total. The molecule has 2 heterocycles. The second-order valence-electron chi connectivity index (χ2n) is 6.81. The van der Waals surface area contributed by atoms with Crippen LogP contribution in [0.5, 0.6) is 0 Å². The molecule has 1 amide bonds. The van der Waals surface area contributed by atoms with Crippen LogP contribution in [-0.2, 0) is 6.18 Å². The van der Waals surface area contributed by atoms with E-state index in [4.69, 9.17) is 0 Å². The molecule has 2 aromatic carbocycles. The van der Waals surface area contributed by atoms with Crippen LogP contribution in [0.3, 0.4) is 0 Å². The van der Waals surface area contributed by atoms with E-state index in [1.54, 1.807) is 19.9 Å².